The van der Waals surface area contributed by atoms with Crippen LogP contribution < -0.4 is 10.6 Å². The van der Waals surface area contributed by atoms with Gasteiger partial charge in [-0.2, -0.15) is 4.31 Å². The van der Waals surface area contributed by atoms with Crippen molar-refractivity contribution in [2.75, 3.05) is 39.3 Å². The first-order chi connectivity index (χ1) is 13.1. The molecule has 8 nitrogen and oxygen atoms in total. The predicted octanol–water partition coefficient (Wildman–Crippen LogP) is -0.0881. The molecule has 1 fully saturated rings. The van der Waals surface area contributed by atoms with Crippen molar-refractivity contribution in [1.29, 1.82) is 0 Å². The van der Waals surface area contributed by atoms with E-state index in [2.05, 4.69) is 10.6 Å². The number of sulfonamides is 1. The van der Waals surface area contributed by atoms with Gasteiger partial charge in [-0.05, 0) is 32.0 Å². The minimum absolute atomic E-state index is 0.00591. The fourth-order valence-corrected chi connectivity index (χ4v) is 4.32. The van der Waals surface area contributed by atoms with E-state index in [0.29, 0.717) is 12.6 Å². The Morgan fingerprint density at radius 3 is 2.43 bits per heavy atom. The number of piperazine rings is 1. The second-order valence-electron chi connectivity index (χ2n) is 6.44. The first-order valence-electron chi connectivity index (χ1n) is 8.89. The summed E-state index contributed by atoms with van der Waals surface area (Å²) in [5.41, 5.74) is 0. The summed E-state index contributed by atoms with van der Waals surface area (Å²) in [6.07, 6.45) is 0. The second kappa shape index (κ2) is 9.39. The van der Waals surface area contributed by atoms with Gasteiger partial charge in [-0.3, -0.25) is 14.5 Å². The van der Waals surface area contributed by atoms with E-state index in [-0.39, 0.29) is 44.5 Å². The maximum atomic E-state index is 13.8. The highest BCUT2D eigenvalue weighted by Crippen LogP contribution is 2.21. The number of rotatable bonds is 7. The van der Waals surface area contributed by atoms with Crippen LogP contribution in [0.25, 0.3) is 0 Å². The summed E-state index contributed by atoms with van der Waals surface area (Å²) in [6.45, 7) is 4.39. The molecule has 0 bridgehead atoms. The average molecular weight is 418 g/mol. The number of likely N-dealkylation sites (N-methyl/N-ethyl adjacent to an activating group) is 1. The third-order valence-corrected chi connectivity index (χ3v) is 6.24. The highest BCUT2D eigenvalue weighted by Gasteiger charge is 2.31. The lowest BCUT2D eigenvalue weighted by atomic mass is 10.3. The minimum atomic E-state index is -4.17. The summed E-state index contributed by atoms with van der Waals surface area (Å²) in [6, 6.07) is 1.61. The number of carbonyl (C=O) groups excluding carboxylic acids is 2. The lowest BCUT2D eigenvalue weighted by Gasteiger charge is -2.33. The number of hydrogen-bond acceptors (Lipinski definition) is 5. The summed E-state index contributed by atoms with van der Waals surface area (Å²) in [5, 5.41) is 5.18. The quantitative estimate of drug-likeness (QED) is 0.645. The zero-order chi connectivity index (χ0) is 20.9. The molecule has 0 saturated carbocycles. The molecule has 1 heterocycles. The lowest BCUT2D eigenvalue weighted by Crippen LogP contribution is -2.53. The van der Waals surface area contributed by atoms with Gasteiger partial charge in [-0.15, -0.1) is 0 Å². The number of nitrogens with one attached hydrogen (secondary N) is 2. The molecule has 1 aromatic carbocycles. The van der Waals surface area contributed by atoms with Gasteiger partial charge >= 0.3 is 0 Å². The average Bonchev–Trinajstić information content (AvgIpc) is 2.64. The third-order valence-electron chi connectivity index (χ3n) is 4.33. The van der Waals surface area contributed by atoms with Crippen molar-refractivity contribution in [3.8, 4) is 0 Å². The van der Waals surface area contributed by atoms with Gasteiger partial charge in [0.05, 0.1) is 6.54 Å². The number of carbonyl (C=O) groups is 2. The van der Waals surface area contributed by atoms with Crippen LogP contribution >= 0.6 is 0 Å². The molecular formula is C17H24F2N4O4S. The molecule has 1 saturated heterocycles. The first-order valence-corrected chi connectivity index (χ1v) is 10.3. The van der Waals surface area contributed by atoms with Crippen LogP contribution in [0.4, 0.5) is 8.78 Å². The van der Waals surface area contributed by atoms with E-state index in [1.807, 2.05) is 0 Å². The number of benzene rings is 1. The van der Waals surface area contributed by atoms with Crippen molar-refractivity contribution in [1.82, 2.24) is 19.8 Å². The number of nitrogens with zero attached hydrogens (tertiary/aromatic N) is 2. The molecule has 2 N–H and O–H groups in total. The normalized spacial score (nSPS) is 17.1. The van der Waals surface area contributed by atoms with Crippen LogP contribution in [0, 0.1) is 11.6 Å². The predicted molar refractivity (Wildman–Crippen MR) is 97.8 cm³/mol. The van der Waals surface area contributed by atoms with Crippen molar-refractivity contribution < 1.29 is 26.8 Å². The molecule has 11 heteroatoms. The maximum absolute atomic E-state index is 13.8. The van der Waals surface area contributed by atoms with E-state index in [0.717, 1.165) is 16.4 Å². The van der Waals surface area contributed by atoms with Gasteiger partial charge in [0.1, 0.15) is 22.6 Å². The van der Waals surface area contributed by atoms with Crippen molar-refractivity contribution in [3.05, 3.63) is 29.8 Å². The van der Waals surface area contributed by atoms with E-state index < -0.39 is 32.6 Å². The summed E-state index contributed by atoms with van der Waals surface area (Å²) in [5.74, 6) is -2.49. The van der Waals surface area contributed by atoms with Gasteiger partial charge in [-0.25, -0.2) is 17.2 Å². The zero-order valence-corrected chi connectivity index (χ0v) is 16.6. The molecule has 0 spiro atoms. The summed E-state index contributed by atoms with van der Waals surface area (Å²) in [4.78, 5) is 24.7. The Labute approximate surface area is 162 Å². The summed E-state index contributed by atoms with van der Waals surface area (Å²) >= 11 is 0. The van der Waals surface area contributed by atoms with Gasteiger partial charge in [0, 0.05) is 32.7 Å². The molecule has 2 rings (SSSR count). The smallest absolute Gasteiger partial charge is 0.246 e. The van der Waals surface area contributed by atoms with Gasteiger partial charge in [-0.1, -0.05) is 0 Å². The van der Waals surface area contributed by atoms with Crippen LogP contribution in [0.2, 0.25) is 0 Å². The van der Waals surface area contributed by atoms with Crippen LogP contribution in [0.1, 0.15) is 13.8 Å². The minimum Gasteiger partial charge on any atom is -0.355 e. The molecule has 1 aromatic rings. The maximum Gasteiger partial charge on any atom is 0.246 e. The Bertz CT molecular complexity index is 826. The van der Waals surface area contributed by atoms with E-state index in [1.54, 1.807) is 18.7 Å². The molecule has 1 aliphatic heterocycles. The molecule has 28 heavy (non-hydrogen) atoms. The van der Waals surface area contributed by atoms with Gasteiger partial charge < -0.3 is 10.6 Å². The zero-order valence-electron chi connectivity index (χ0n) is 15.7. The molecule has 0 aromatic heterocycles. The molecule has 0 aliphatic carbocycles. The van der Waals surface area contributed by atoms with Gasteiger partial charge in [0.25, 0.3) is 0 Å². The number of amides is 2. The Morgan fingerprint density at radius 2 is 1.82 bits per heavy atom. The van der Waals surface area contributed by atoms with Gasteiger partial charge in [0.2, 0.25) is 21.8 Å². The van der Waals surface area contributed by atoms with E-state index in [9.17, 15) is 26.8 Å². The van der Waals surface area contributed by atoms with Crippen LogP contribution in [0.3, 0.4) is 0 Å². The number of hydrogen-bond donors (Lipinski definition) is 2. The summed E-state index contributed by atoms with van der Waals surface area (Å²) < 4.78 is 53.3. The van der Waals surface area contributed by atoms with Crippen molar-refractivity contribution in [2.24, 2.45) is 0 Å². The fraction of sp³-hybridized carbons (Fsp3) is 0.529. The topological polar surface area (TPSA) is 98.8 Å². The molecular weight excluding hydrogens is 394 g/mol. The molecule has 1 atom stereocenters. The van der Waals surface area contributed by atoms with Crippen molar-refractivity contribution >= 4 is 21.8 Å². The molecule has 156 valence electrons. The van der Waals surface area contributed by atoms with Gasteiger partial charge in [0.15, 0.2) is 0 Å². The van der Waals surface area contributed by atoms with Crippen LogP contribution in [0.15, 0.2) is 23.1 Å². The second-order valence-corrected chi connectivity index (χ2v) is 8.35. The lowest BCUT2D eigenvalue weighted by molar-refractivity contribution is -0.129. The Balaban J connectivity index is 1.91. The van der Waals surface area contributed by atoms with Crippen LogP contribution in [0.5, 0.6) is 0 Å². The van der Waals surface area contributed by atoms with Crippen molar-refractivity contribution in [2.45, 2.75) is 24.8 Å². The number of halogens is 2. The molecule has 0 unspecified atom stereocenters. The van der Waals surface area contributed by atoms with E-state index in [1.165, 1.54) is 0 Å². The third kappa shape index (κ3) is 5.46. The van der Waals surface area contributed by atoms with Crippen LogP contribution in [-0.4, -0.2) is 74.7 Å². The standard InChI is InChI=1S/C17H24F2N4O4S/c1-3-20-17(25)12(2)21-16(24)11-22-6-8-23(9-7-22)28(26,27)15-10-13(18)4-5-14(15)19/h4-5,10,12H,3,6-9,11H2,1-2H3,(H,20,25)(H,21,24)/t12-/m1/s1. The Morgan fingerprint density at radius 1 is 1.18 bits per heavy atom. The molecule has 1 aliphatic rings. The highest BCUT2D eigenvalue weighted by molar-refractivity contribution is 7.89. The van der Waals surface area contributed by atoms with E-state index >= 15 is 0 Å². The fourth-order valence-electron chi connectivity index (χ4n) is 2.83. The van der Waals surface area contributed by atoms with Crippen LogP contribution in [-0.2, 0) is 19.6 Å². The largest absolute Gasteiger partial charge is 0.355 e. The van der Waals surface area contributed by atoms with Crippen molar-refractivity contribution in [3.63, 3.8) is 0 Å². The highest BCUT2D eigenvalue weighted by atomic mass is 32.2. The van der Waals surface area contributed by atoms with E-state index in [4.69, 9.17) is 0 Å². The summed E-state index contributed by atoms with van der Waals surface area (Å²) in [7, 11) is -4.17. The first kappa shape index (κ1) is 22.2. The monoisotopic (exact) mass is 418 g/mol. The molecule has 2 amide bonds. The Hall–Kier alpha value is -2.11. The SMILES string of the molecule is CCNC(=O)[C@@H](C)NC(=O)CN1CCN(S(=O)(=O)c2cc(F)ccc2F)CC1. The Kier molecular flexibility index (Phi) is 7.44. The molecule has 0 radical (unpaired) electrons.